The SMILES string of the molecule is CC/C=C/C=C/C=C/CCCCCCCC(=O)OC(COC(=O)CCCCCCCCCCCCC)COP(=O)([O-])OCC[N+](C)(C)C. The lowest BCUT2D eigenvalue weighted by Crippen LogP contribution is -2.37. The highest BCUT2D eigenvalue weighted by Crippen LogP contribution is 2.38. The molecular formula is C38H70NO8P. The minimum absolute atomic E-state index is 0.0351. The van der Waals surface area contributed by atoms with Crippen LogP contribution in [0.1, 0.15) is 142 Å². The molecule has 280 valence electrons. The molecule has 0 bridgehead atoms. The second-order valence-corrected chi connectivity index (χ2v) is 15.0. The van der Waals surface area contributed by atoms with Gasteiger partial charge in [-0.05, 0) is 32.1 Å². The van der Waals surface area contributed by atoms with Crippen molar-refractivity contribution >= 4 is 19.8 Å². The standard InChI is InChI=1S/C38H70NO8P/c1-6-8-10-12-14-16-18-19-21-23-25-27-29-31-38(41)47-36(35-46-48(42,43)45-33-32-39(3,4)5)34-44-37(40)30-28-26-24-22-20-17-15-13-11-9-7-2/h8,10,12,14,16,18,36H,6-7,9,11,13,15,17,19-35H2,1-5H3/b10-8+,14-12+,18-16+. The molecule has 2 atom stereocenters. The van der Waals surface area contributed by atoms with Crippen molar-refractivity contribution in [1.82, 2.24) is 0 Å². The molecule has 0 fully saturated rings. The van der Waals surface area contributed by atoms with Gasteiger partial charge in [0.05, 0.1) is 27.7 Å². The van der Waals surface area contributed by atoms with Crippen molar-refractivity contribution in [3.63, 3.8) is 0 Å². The van der Waals surface area contributed by atoms with Crippen molar-refractivity contribution in [2.45, 2.75) is 148 Å². The van der Waals surface area contributed by atoms with E-state index in [-0.39, 0.29) is 26.1 Å². The smallest absolute Gasteiger partial charge is 0.306 e. The number of hydrogen-bond acceptors (Lipinski definition) is 8. The number of quaternary nitrogens is 1. The summed E-state index contributed by atoms with van der Waals surface area (Å²) in [6, 6.07) is 0. The second kappa shape index (κ2) is 31.2. The number of ether oxygens (including phenoxy) is 2. The molecule has 0 aromatic heterocycles. The van der Waals surface area contributed by atoms with Gasteiger partial charge >= 0.3 is 11.9 Å². The number of unbranched alkanes of at least 4 members (excludes halogenated alkanes) is 15. The van der Waals surface area contributed by atoms with Gasteiger partial charge in [0.2, 0.25) is 0 Å². The fourth-order valence-corrected chi connectivity index (χ4v) is 5.50. The number of nitrogens with zero attached hydrogens (tertiary/aromatic N) is 1. The van der Waals surface area contributed by atoms with Crippen LogP contribution in [0.2, 0.25) is 0 Å². The number of phosphoric acid groups is 1. The maximum atomic E-state index is 12.6. The molecule has 0 rings (SSSR count). The fourth-order valence-electron chi connectivity index (χ4n) is 4.77. The molecule has 0 aromatic rings. The average Bonchev–Trinajstić information content (AvgIpc) is 3.02. The number of likely N-dealkylation sites (N-methyl/N-ethyl adjacent to an activating group) is 1. The molecule has 9 nitrogen and oxygen atoms in total. The maximum Gasteiger partial charge on any atom is 0.306 e. The Kier molecular flexibility index (Phi) is 30.1. The summed E-state index contributed by atoms with van der Waals surface area (Å²) in [5, 5.41) is 0. The van der Waals surface area contributed by atoms with E-state index in [9.17, 15) is 19.0 Å². The molecule has 0 aliphatic rings. The van der Waals surface area contributed by atoms with Crippen LogP contribution >= 0.6 is 7.82 Å². The highest BCUT2D eigenvalue weighted by Gasteiger charge is 2.21. The first-order valence-electron chi connectivity index (χ1n) is 18.7. The summed E-state index contributed by atoms with van der Waals surface area (Å²) in [5.74, 6) is -0.862. The van der Waals surface area contributed by atoms with Crippen molar-refractivity contribution in [3.8, 4) is 0 Å². The van der Waals surface area contributed by atoms with Crippen LogP contribution in [-0.4, -0.2) is 70.0 Å². The minimum atomic E-state index is -4.62. The molecule has 0 saturated heterocycles. The van der Waals surface area contributed by atoms with Gasteiger partial charge in [0.1, 0.15) is 19.8 Å². The number of carbonyl (C=O) groups is 2. The van der Waals surface area contributed by atoms with Crippen molar-refractivity contribution < 1.29 is 42.1 Å². The molecule has 0 amide bonds. The summed E-state index contributed by atoms with van der Waals surface area (Å²) < 4.78 is 33.7. The van der Waals surface area contributed by atoms with E-state index in [0.29, 0.717) is 17.4 Å². The Labute approximate surface area is 293 Å². The Morgan fingerprint density at radius 3 is 1.75 bits per heavy atom. The van der Waals surface area contributed by atoms with Gasteiger partial charge in [-0.25, -0.2) is 0 Å². The predicted octanol–water partition coefficient (Wildman–Crippen LogP) is 9.16. The molecule has 48 heavy (non-hydrogen) atoms. The van der Waals surface area contributed by atoms with E-state index in [4.69, 9.17) is 18.5 Å². The Balaban J connectivity index is 4.49. The van der Waals surface area contributed by atoms with Crippen molar-refractivity contribution in [1.29, 1.82) is 0 Å². The van der Waals surface area contributed by atoms with Gasteiger partial charge in [0.15, 0.2) is 6.10 Å². The zero-order valence-corrected chi connectivity index (χ0v) is 32.1. The van der Waals surface area contributed by atoms with Gasteiger partial charge in [-0.1, -0.05) is 134 Å². The van der Waals surface area contributed by atoms with E-state index in [0.717, 1.165) is 57.8 Å². The quantitative estimate of drug-likeness (QED) is 0.0219. The maximum absolute atomic E-state index is 12.6. The number of phosphoric ester groups is 1. The Morgan fingerprint density at radius 1 is 0.667 bits per heavy atom. The van der Waals surface area contributed by atoms with E-state index in [1.165, 1.54) is 51.4 Å². The van der Waals surface area contributed by atoms with Crippen LogP contribution in [0.25, 0.3) is 0 Å². The number of allylic oxidation sites excluding steroid dienone is 6. The lowest BCUT2D eigenvalue weighted by molar-refractivity contribution is -0.870. The summed E-state index contributed by atoms with van der Waals surface area (Å²) in [6.45, 7) is 4.03. The van der Waals surface area contributed by atoms with E-state index in [1.54, 1.807) is 0 Å². The Bertz CT molecular complexity index is 928. The average molecular weight is 700 g/mol. The van der Waals surface area contributed by atoms with Gasteiger partial charge in [-0.2, -0.15) is 0 Å². The van der Waals surface area contributed by atoms with Crippen molar-refractivity contribution in [2.24, 2.45) is 0 Å². The minimum Gasteiger partial charge on any atom is -0.756 e. The van der Waals surface area contributed by atoms with Gasteiger partial charge in [-0.3, -0.25) is 14.2 Å². The van der Waals surface area contributed by atoms with Crippen LogP contribution < -0.4 is 4.89 Å². The van der Waals surface area contributed by atoms with E-state index < -0.39 is 32.5 Å². The zero-order chi connectivity index (χ0) is 35.8. The van der Waals surface area contributed by atoms with Crippen LogP contribution in [0, 0.1) is 0 Å². The largest absolute Gasteiger partial charge is 0.756 e. The van der Waals surface area contributed by atoms with Crippen LogP contribution in [0.15, 0.2) is 36.5 Å². The zero-order valence-electron chi connectivity index (χ0n) is 31.2. The third-order valence-corrected chi connectivity index (χ3v) is 8.70. The number of esters is 2. The number of carbonyl (C=O) groups excluding carboxylic acids is 2. The molecule has 0 heterocycles. The number of rotatable bonds is 33. The molecular weight excluding hydrogens is 629 g/mol. The summed E-state index contributed by atoms with van der Waals surface area (Å²) in [7, 11) is 1.15. The van der Waals surface area contributed by atoms with Crippen molar-refractivity contribution in [3.05, 3.63) is 36.5 Å². The van der Waals surface area contributed by atoms with E-state index in [2.05, 4.69) is 32.1 Å². The molecule has 0 radical (unpaired) electrons. The first-order chi connectivity index (χ1) is 23.0. The van der Waals surface area contributed by atoms with Crippen LogP contribution in [-0.2, 0) is 32.7 Å². The predicted molar refractivity (Wildman–Crippen MR) is 194 cm³/mol. The summed E-state index contributed by atoms with van der Waals surface area (Å²) in [5.41, 5.74) is 0. The molecule has 0 N–H and O–H groups in total. The van der Waals surface area contributed by atoms with E-state index in [1.807, 2.05) is 39.4 Å². The third-order valence-electron chi connectivity index (χ3n) is 7.74. The Morgan fingerprint density at radius 2 is 1.19 bits per heavy atom. The summed E-state index contributed by atoms with van der Waals surface area (Å²) >= 11 is 0. The van der Waals surface area contributed by atoms with Gasteiger partial charge in [0.25, 0.3) is 7.82 Å². The van der Waals surface area contributed by atoms with Crippen LogP contribution in [0.5, 0.6) is 0 Å². The molecule has 0 spiro atoms. The molecule has 10 heteroatoms. The first-order valence-corrected chi connectivity index (χ1v) is 20.2. The molecule has 0 aromatic carbocycles. The summed E-state index contributed by atoms with van der Waals surface area (Å²) in [4.78, 5) is 37.3. The molecule has 2 unspecified atom stereocenters. The molecule has 0 aliphatic carbocycles. The topological polar surface area (TPSA) is 111 Å². The fraction of sp³-hybridized carbons (Fsp3) is 0.789. The van der Waals surface area contributed by atoms with Gasteiger partial charge < -0.3 is 27.9 Å². The Hall–Kier alpha value is -1.77. The second-order valence-electron chi connectivity index (χ2n) is 13.6. The molecule has 0 aliphatic heterocycles. The van der Waals surface area contributed by atoms with Crippen LogP contribution in [0.3, 0.4) is 0 Å². The lowest BCUT2D eigenvalue weighted by atomic mass is 10.1. The highest BCUT2D eigenvalue weighted by atomic mass is 31.2. The first kappa shape index (κ1) is 46.2. The monoisotopic (exact) mass is 699 g/mol. The van der Waals surface area contributed by atoms with Crippen molar-refractivity contribution in [2.75, 3.05) is 47.5 Å². The highest BCUT2D eigenvalue weighted by molar-refractivity contribution is 7.45. The van der Waals surface area contributed by atoms with Gasteiger partial charge in [0, 0.05) is 12.8 Å². The third kappa shape index (κ3) is 34.1. The van der Waals surface area contributed by atoms with Gasteiger partial charge in [-0.15, -0.1) is 0 Å². The van der Waals surface area contributed by atoms with Crippen LogP contribution in [0.4, 0.5) is 0 Å². The lowest BCUT2D eigenvalue weighted by Gasteiger charge is -2.28. The summed E-state index contributed by atoms with van der Waals surface area (Å²) in [6.07, 6.45) is 31.7. The normalized spacial score (nSPS) is 14.2. The molecule has 0 saturated carbocycles. The van der Waals surface area contributed by atoms with E-state index >= 15 is 0 Å². The number of hydrogen-bond donors (Lipinski definition) is 0.